The van der Waals surface area contributed by atoms with Crippen LogP contribution < -0.4 is 0 Å². The van der Waals surface area contributed by atoms with Crippen molar-refractivity contribution in [1.82, 2.24) is 0 Å². The molecule has 0 bridgehead atoms. The first-order valence-corrected chi connectivity index (χ1v) is 9.99. The highest BCUT2D eigenvalue weighted by atomic mass is 31.2. The predicted molar refractivity (Wildman–Crippen MR) is 96.9 cm³/mol. The van der Waals surface area contributed by atoms with Crippen molar-refractivity contribution in [3.8, 4) is 0 Å². The lowest BCUT2D eigenvalue weighted by Crippen LogP contribution is -2.37. The summed E-state index contributed by atoms with van der Waals surface area (Å²) in [4.78, 5) is 20.2. The van der Waals surface area contributed by atoms with Gasteiger partial charge in [0.1, 0.15) is 19.3 Å². The van der Waals surface area contributed by atoms with Crippen molar-refractivity contribution in [2.24, 2.45) is 0 Å². The number of likely N-dealkylation sites (N-methyl/N-ethyl adjacent to an activating group) is 1. The van der Waals surface area contributed by atoms with Crippen LogP contribution in [0.1, 0.15) is 19.3 Å². The standard InChI is InChI=1S/C16H32NO8P/c1-5-10-22-13-15(23-11-7-6-8-16(18)19)14-25-26(20,21)24-12-9-17(2,3)4/h5,15H,1,6-14H2,2-4H3,(H-,18,19,20,21)/p+1. The second-order valence-electron chi connectivity index (χ2n) is 6.78. The van der Waals surface area contributed by atoms with E-state index in [0.29, 0.717) is 37.1 Å². The summed E-state index contributed by atoms with van der Waals surface area (Å²) >= 11 is 0. The number of ether oxygens (including phenoxy) is 2. The summed E-state index contributed by atoms with van der Waals surface area (Å²) in [6.45, 7) is 4.79. The molecule has 2 N–H and O–H groups in total. The van der Waals surface area contributed by atoms with Crippen LogP contribution in [-0.2, 0) is 27.9 Å². The first-order chi connectivity index (χ1) is 12.1. The van der Waals surface area contributed by atoms with Gasteiger partial charge in [-0.3, -0.25) is 13.8 Å². The summed E-state index contributed by atoms with van der Waals surface area (Å²) < 4.78 is 33.3. The smallest absolute Gasteiger partial charge is 0.472 e. The normalized spacial score (nSPS) is 15.4. The molecule has 9 nitrogen and oxygen atoms in total. The minimum absolute atomic E-state index is 0.0729. The van der Waals surface area contributed by atoms with Crippen molar-refractivity contribution >= 4 is 13.8 Å². The molecule has 0 aliphatic heterocycles. The zero-order valence-corrected chi connectivity index (χ0v) is 16.9. The molecular weight excluding hydrogens is 365 g/mol. The fourth-order valence-corrected chi connectivity index (χ4v) is 2.44. The second-order valence-corrected chi connectivity index (χ2v) is 8.23. The number of hydrogen-bond acceptors (Lipinski definition) is 6. The number of phosphoric acid groups is 1. The molecule has 2 unspecified atom stereocenters. The Morgan fingerprint density at radius 1 is 1.19 bits per heavy atom. The molecule has 0 aliphatic rings. The van der Waals surface area contributed by atoms with Crippen LogP contribution in [0.5, 0.6) is 0 Å². The van der Waals surface area contributed by atoms with Gasteiger partial charge in [0.25, 0.3) is 0 Å². The summed E-state index contributed by atoms with van der Waals surface area (Å²) in [6.07, 6.45) is 2.13. The van der Waals surface area contributed by atoms with Gasteiger partial charge in [-0.25, -0.2) is 4.57 Å². The molecule has 0 fully saturated rings. The average Bonchev–Trinajstić information content (AvgIpc) is 2.50. The summed E-state index contributed by atoms with van der Waals surface area (Å²) in [5, 5.41) is 8.60. The maximum atomic E-state index is 11.9. The van der Waals surface area contributed by atoms with Crippen LogP contribution in [0.15, 0.2) is 12.7 Å². The molecule has 0 radical (unpaired) electrons. The monoisotopic (exact) mass is 398 g/mol. The lowest BCUT2D eigenvalue weighted by atomic mass is 10.2. The first kappa shape index (κ1) is 25.2. The summed E-state index contributed by atoms with van der Waals surface area (Å²) in [7, 11) is 1.65. The minimum Gasteiger partial charge on any atom is -0.481 e. The maximum Gasteiger partial charge on any atom is 0.472 e. The quantitative estimate of drug-likeness (QED) is 0.165. The third-order valence-corrected chi connectivity index (χ3v) is 4.10. The van der Waals surface area contributed by atoms with Crippen LogP contribution in [-0.4, -0.2) is 87.3 Å². The molecule has 0 aliphatic carbocycles. The van der Waals surface area contributed by atoms with E-state index in [1.807, 2.05) is 21.1 Å². The van der Waals surface area contributed by atoms with Crippen LogP contribution in [0.4, 0.5) is 0 Å². The molecule has 10 heteroatoms. The molecule has 0 spiro atoms. The highest BCUT2D eigenvalue weighted by Gasteiger charge is 2.25. The molecular formula is C16H33NO8P+. The Kier molecular flexibility index (Phi) is 13.0. The van der Waals surface area contributed by atoms with Crippen LogP contribution in [0.25, 0.3) is 0 Å². The van der Waals surface area contributed by atoms with Gasteiger partial charge in [0.05, 0.1) is 41.0 Å². The molecule has 0 rings (SSSR count). The van der Waals surface area contributed by atoms with Gasteiger partial charge >= 0.3 is 13.8 Å². The van der Waals surface area contributed by atoms with Crippen molar-refractivity contribution in [2.45, 2.75) is 25.4 Å². The summed E-state index contributed by atoms with van der Waals surface area (Å²) in [5.74, 6) is -0.855. The Balaban J connectivity index is 4.26. The van der Waals surface area contributed by atoms with Crippen molar-refractivity contribution in [3.63, 3.8) is 0 Å². The van der Waals surface area contributed by atoms with Gasteiger partial charge in [-0.1, -0.05) is 6.08 Å². The topological polar surface area (TPSA) is 112 Å². The molecule has 26 heavy (non-hydrogen) atoms. The van der Waals surface area contributed by atoms with Crippen LogP contribution in [0.3, 0.4) is 0 Å². The highest BCUT2D eigenvalue weighted by molar-refractivity contribution is 7.47. The highest BCUT2D eigenvalue weighted by Crippen LogP contribution is 2.43. The Morgan fingerprint density at radius 3 is 2.46 bits per heavy atom. The lowest BCUT2D eigenvalue weighted by molar-refractivity contribution is -0.870. The van der Waals surface area contributed by atoms with Crippen LogP contribution in [0, 0.1) is 0 Å². The van der Waals surface area contributed by atoms with Gasteiger partial charge in [-0.15, -0.1) is 6.58 Å². The first-order valence-electron chi connectivity index (χ1n) is 8.50. The fourth-order valence-electron chi connectivity index (χ4n) is 1.70. The van der Waals surface area contributed by atoms with Gasteiger partial charge in [0.2, 0.25) is 0 Å². The third kappa shape index (κ3) is 16.7. The Bertz CT molecular complexity index is 452. The van der Waals surface area contributed by atoms with Crippen LogP contribution >= 0.6 is 7.82 Å². The van der Waals surface area contributed by atoms with Gasteiger partial charge in [-0.05, 0) is 12.8 Å². The molecule has 0 aromatic heterocycles. The van der Waals surface area contributed by atoms with Crippen molar-refractivity contribution in [1.29, 1.82) is 0 Å². The van der Waals surface area contributed by atoms with Gasteiger partial charge < -0.3 is 24.0 Å². The maximum absolute atomic E-state index is 11.9. The largest absolute Gasteiger partial charge is 0.481 e. The number of quaternary nitrogens is 1. The van der Waals surface area contributed by atoms with Crippen molar-refractivity contribution < 1.29 is 42.4 Å². The van der Waals surface area contributed by atoms with E-state index in [-0.39, 0.29) is 26.2 Å². The molecule has 0 amide bonds. The molecule has 0 aromatic carbocycles. The number of nitrogens with zero attached hydrogens (tertiary/aromatic N) is 1. The average molecular weight is 398 g/mol. The van der Waals surface area contributed by atoms with E-state index < -0.39 is 19.9 Å². The Hall–Kier alpha value is -0.800. The third-order valence-electron chi connectivity index (χ3n) is 3.12. The fraction of sp³-hybridized carbons (Fsp3) is 0.812. The number of carbonyl (C=O) groups is 1. The zero-order valence-electron chi connectivity index (χ0n) is 16.0. The number of carboxylic acid groups (broad SMARTS) is 1. The molecule has 0 heterocycles. The van der Waals surface area contributed by atoms with E-state index >= 15 is 0 Å². The number of carboxylic acids is 1. The van der Waals surface area contributed by atoms with Crippen LogP contribution in [0.2, 0.25) is 0 Å². The lowest BCUT2D eigenvalue weighted by Gasteiger charge is -2.24. The number of phosphoric ester groups is 1. The second kappa shape index (κ2) is 13.4. The van der Waals surface area contributed by atoms with E-state index in [9.17, 15) is 14.3 Å². The van der Waals surface area contributed by atoms with E-state index in [0.717, 1.165) is 0 Å². The number of unbranched alkanes of at least 4 members (excludes halogenated alkanes) is 1. The van der Waals surface area contributed by atoms with Gasteiger partial charge in [0.15, 0.2) is 0 Å². The zero-order chi connectivity index (χ0) is 20.1. The molecule has 0 aromatic rings. The van der Waals surface area contributed by atoms with Gasteiger partial charge in [0, 0.05) is 13.0 Å². The number of hydrogen-bond donors (Lipinski definition) is 2. The molecule has 0 saturated heterocycles. The number of rotatable bonds is 17. The molecule has 2 atom stereocenters. The number of aliphatic carboxylic acids is 1. The minimum atomic E-state index is -4.17. The summed E-state index contributed by atoms with van der Waals surface area (Å²) in [6, 6.07) is 0. The van der Waals surface area contributed by atoms with E-state index in [1.165, 1.54) is 0 Å². The molecule has 154 valence electrons. The van der Waals surface area contributed by atoms with E-state index in [1.54, 1.807) is 6.08 Å². The SMILES string of the molecule is C=CCOCC(COP(=O)(O)OCC[N+](C)(C)C)OCCCCC(=O)O. The Labute approximate surface area is 155 Å². The van der Waals surface area contributed by atoms with E-state index in [4.69, 9.17) is 23.6 Å². The van der Waals surface area contributed by atoms with Gasteiger partial charge in [-0.2, -0.15) is 0 Å². The van der Waals surface area contributed by atoms with Crippen molar-refractivity contribution in [2.75, 3.05) is 60.7 Å². The van der Waals surface area contributed by atoms with E-state index in [2.05, 4.69) is 6.58 Å². The predicted octanol–water partition coefficient (Wildman–Crippen LogP) is 1.67. The Morgan fingerprint density at radius 2 is 1.88 bits per heavy atom. The summed E-state index contributed by atoms with van der Waals surface area (Å²) in [5.41, 5.74) is 0. The molecule has 0 saturated carbocycles. The van der Waals surface area contributed by atoms with Crippen molar-refractivity contribution in [3.05, 3.63) is 12.7 Å².